The molecule has 0 aromatic carbocycles. The molecule has 1 rings (SSSR count). The van der Waals surface area contributed by atoms with Crippen LogP contribution >= 0.6 is 0 Å². The fourth-order valence-corrected chi connectivity index (χ4v) is 2.06. The fraction of sp³-hybridized carbons (Fsp3) is 0.625. The van der Waals surface area contributed by atoms with Gasteiger partial charge in [0.15, 0.2) is 0 Å². The van der Waals surface area contributed by atoms with Gasteiger partial charge in [-0.1, -0.05) is 33.6 Å². The van der Waals surface area contributed by atoms with E-state index in [0.29, 0.717) is 11.5 Å². The molecule has 0 unspecified atom stereocenters. The third-order valence-corrected chi connectivity index (χ3v) is 3.48. The molecule has 4 heteroatoms. The van der Waals surface area contributed by atoms with Crippen LogP contribution in [0.5, 0.6) is 0 Å². The molecule has 20 heavy (non-hydrogen) atoms. The van der Waals surface area contributed by atoms with Crippen molar-refractivity contribution in [3.05, 3.63) is 23.4 Å². The van der Waals surface area contributed by atoms with Crippen LogP contribution in [0.1, 0.15) is 56.1 Å². The summed E-state index contributed by atoms with van der Waals surface area (Å²) in [6.07, 6.45) is 3.22. The highest BCUT2D eigenvalue weighted by molar-refractivity contribution is 5.95. The van der Waals surface area contributed by atoms with Crippen LogP contribution in [-0.4, -0.2) is 24.0 Å². The number of aromatic nitrogens is 1. The van der Waals surface area contributed by atoms with Crippen LogP contribution < -0.4 is 10.6 Å². The molecule has 1 amide bonds. The minimum Gasteiger partial charge on any atom is -0.370 e. The number of anilines is 1. The number of nitrogens with zero attached hydrogens (tertiary/aromatic N) is 1. The Kier molecular flexibility index (Phi) is 7.05. The topological polar surface area (TPSA) is 54.0 Å². The molecule has 0 saturated carbocycles. The third-order valence-electron chi connectivity index (χ3n) is 3.48. The minimum absolute atomic E-state index is 0.0121. The van der Waals surface area contributed by atoms with Crippen molar-refractivity contribution in [3.8, 4) is 0 Å². The molecular formula is C16H27N3O. The molecule has 0 aliphatic rings. The van der Waals surface area contributed by atoms with E-state index in [1.54, 1.807) is 0 Å². The van der Waals surface area contributed by atoms with E-state index in [2.05, 4.69) is 36.4 Å². The maximum Gasteiger partial charge on any atom is 0.251 e. The van der Waals surface area contributed by atoms with E-state index in [1.807, 2.05) is 19.1 Å². The van der Waals surface area contributed by atoms with Gasteiger partial charge in [0.05, 0.1) is 0 Å². The van der Waals surface area contributed by atoms with Gasteiger partial charge in [-0.25, -0.2) is 4.98 Å². The zero-order valence-corrected chi connectivity index (χ0v) is 13.1. The number of hydrogen-bond acceptors (Lipinski definition) is 3. The molecule has 1 aromatic heterocycles. The second-order valence-corrected chi connectivity index (χ2v) is 5.20. The first kappa shape index (κ1) is 16.5. The van der Waals surface area contributed by atoms with Gasteiger partial charge in [0.1, 0.15) is 5.82 Å². The molecule has 0 radical (unpaired) electrons. The van der Waals surface area contributed by atoms with Crippen LogP contribution in [0.3, 0.4) is 0 Å². The van der Waals surface area contributed by atoms with Crippen LogP contribution in [0.25, 0.3) is 0 Å². The van der Waals surface area contributed by atoms with Crippen LogP contribution in [0, 0.1) is 12.8 Å². The molecule has 4 nitrogen and oxygen atoms in total. The Morgan fingerprint density at radius 2 is 1.95 bits per heavy atom. The lowest BCUT2D eigenvalue weighted by molar-refractivity contribution is 0.0946. The number of pyridine rings is 1. The van der Waals surface area contributed by atoms with Crippen molar-refractivity contribution in [3.63, 3.8) is 0 Å². The number of aryl methyl sites for hydroxylation is 1. The van der Waals surface area contributed by atoms with Crippen LogP contribution in [0.15, 0.2) is 12.1 Å². The molecule has 0 bridgehead atoms. The van der Waals surface area contributed by atoms with E-state index in [9.17, 15) is 4.79 Å². The Morgan fingerprint density at radius 1 is 1.25 bits per heavy atom. The number of amides is 1. The number of carbonyl (C=O) groups is 1. The first-order chi connectivity index (χ1) is 9.60. The Morgan fingerprint density at radius 3 is 2.55 bits per heavy atom. The summed E-state index contributed by atoms with van der Waals surface area (Å²) in [4.78, 5) is 16.6. The number of hydrogen-bond donors (Lipinski definition) is 2. The van der Waals surface area contributed by atoms with Gasteiger partial charge >= 0.3 is 0 Å². The average molecular weight is 277 g/mol. The average Bonchev–Trinajstić information content (AvgIpc) is 2.45. The second kappa shape index (κ2) is 8.56. The van der Waals surface area contributed by atoms with E-state index in [-0.39, 0.29) is 5.91 Å². The molecule has 2 N–H and O–H groups in total. The normalized spacial score (nSPS) is 10.7. The van der Waals surface area contributed by atoms with E-state index < -0.39 is 0 Å². The number of carbonyl (C=O) groups excluding carboxylic acids is 1. The predicted molar refractivity (Wildman–Crippen MR) is 84.2 cm³/mol. The highest BCUT2D eigenvalue weighted by Crippen LogP contribution is 2.11. The summed E-state index contributed by atoms with van der Waals surface area (Å²) < 4.78 is 0. The molecule has 0 saturated heterocycles. The van der Waals surface area contributed by atoms with Gasteiger partial charge in [0, 0.05) is 24.3 Å². The lowest BCUT2D eigenvalue weighted by Crippen LogP contribution is -2.29. The van der Waals surface area contributed by atoms with E-state index in [4.69, 9.17) is 0 Å². The molecule has 112 valence electrons. The van der Waals surface area contributed by atoms with Gasteiger partial charge < -0.3 is 10.6 Å². The van der Waals surface area contributed by atoms with E-state index in [1.165, 1.54) is 0 Å². The highest BCUT2D eigenvalue weighted by Gasteiger charge is 2.10. The maximum absolute atomic E-state index is 12.2. The third kappa shape index (κ3) is 5.19. The molecule has 1 aromatic rings. The summed E-state index contributed by atoms with van der Waals surface area (Å²) in [5, 5.41) is 6.24. The van der Waals surface area contributed by atoms with Crippen LogP contribution in [0.4, 0.5) is 5.82 Å². The van der Waals surface area contributed by atoms with Crippen molar-refractivity contribution in [1.82, 2.24) is 10.3 Å². The van der Waals surface area contributed by atoms with Gasteiger partial charge in [-0.05, 0) is 31.4 Å². The minimum atomic E-state index is -0.0121. The molecule has 1 heterocycles. The zero-order valence-electron chi connectivity index (χ0n) is 13.1. The van der Waals surface area contributed by atoms with Crippen molar-refractivity contribution in [2.45, 2.75) is 47.0 Å². The van der Waals surface area contributed by atoms with Crippen LogP contribution in [-0.2, 0) is 0 Å². The Labute approximate surface area is 122 Å². The quantitative estimate of drug-likeness (QED) is 0.766. The Hall–Kier alpha value is -1.58. The van der Waals surface area contributed by atoms with E-state index >= 15 is 0 Å². The lowest BCUT2D eigenvalue weighted by Gasteiger charge is -2.14. The molecule has 0 spiro atoms. The van der Waals surface area contributed by atoms with Gasteiger partial charge in [-0.3, -0.25) is 4.79 Å². The van der Waals surface area contributed by atoms with Crippen LogP contribution in [0.2, 0.25) is 0 Å². The van der Waals surface area contributed by atoms with Crippen molar-refractivity contribution >= 4 is 11.7 Å². The van der Waals surface area contributed by atoms with E-state index in [0.717, 1.165) is 43.9 Å². The van der Waals surface area contributed by atoms with Crippen molar-refractivity contribution in [2.24, 2.45) is 5.92 Å². The number of rotatable bonds is 8. The predicted octanol–water partition coefficient (Wildman–Crippen LogP) is 3.38. The summed E-state index contributed by atoms with van der Waals surface area (Å²) in [7, 11) is 0. The maximum atomic E-state index is 12.2. The molecular weight excluding hydrogens is 250 g/mol. The summed E-state index contributed by atoms with van der Waals surface area (Å²) >= 11 is 0. The van der Waals surface area contributed by atoms with Gasteiger partial charge in [0.2, 0.25) is 0 Å². The standard InChI is InChI=1S/C16H27N3O/c1-5-8-17-15-10-14(9-12(4)19-15)16(20)18-11-13(6-2)7-3/h9-10,13H,5-8,11H2,1-4H3,(H,17,19)(H,18,20). The van der Waals surface area contributed by atoms with Gasteiger partial charge in [-0.2, -0.15) is 0 Å². The lowest BCUT2D eigenvalue weighted by atomic mass is 10.0. The SMILES string of the molecule is CCCNc1cc(C(=O)NCC(CC)CC)cc(C)n1. The van der Waals surface area contributed by atoms with Gasteiger partial charge in [0.25, 0.3) is 5.91 Å². The molecule has 0 aliphatic carbocycles. The summed E-state index contributed by atoms with van der Waals surface area (Å²) in [6, 6.07) is 3.66. The van der Waals surface area contributed by atoms with Crippen molar-refractivity contribution in [2.75, 3.05) is 18.4 Å². The smallest absolute Gasteiger partial charge is 0.251 e. The number of nitrogens with one attached hydrogen (secondary N) is 2. The highest BCUT2D eigenvalue weighted by atomic mass is 16.1. The Balaban J connectivity index is 2.69. The van der Waals surface area contributed by atoms with Crippen molar-refractivity contribution in [1.29, 1.82) is 0 Å². The van der Waals surface area contributed by atoms with Crippen molar-refractivity contribution < 1.29 is 4.79 Å². The molecule has 0 fully saturated rings. The molecule has 0 aliphatic heterocycles. The Bertz CT molecular complexity index is 428. The monoisotopic (exact) mass is 277 g/mol. The largest absolute Gasteiger partial charge is 0.370 e. The summed E-state index contributed by atoms with van der Waals surface area (Å²) in [5.74, 6) is 1.32. The zero-order chi connectivity index (χ0) is 15.0. The summed E-state index contributed by atoms with van der Waals surface area (Å²) in [5.41, 5.74) is 1.54. The first-order valence-corrected chi connectivity index (χ1v) is 7.61. The van der Waals surface area contributed by atoms with Gasteiger partial charge in [-0.15, -0.1) is 0 Å². The summed E-state index contributed by atoms with van der Waals surface area (Å²) in [6.45, 7) is 9.93. The first-order valence-electron chi connectivity index (χ1n) is 7.61. The second-order valence-electron chi connectivity index (χ2n) is 5.20. The molecule has 0 atom stereocenters. The fourth-order valence-electron chi connectivity index (χ4n) is 2.06.